The number of halogens is 1. The second-order valence-corrected chi connectivity index (χ2v) is 5.67. The van der Waals surface area contributed by atoms with Crippen LogP contribution in [0.3, 0.4) is 0 Å². The summed E-state index contributed by atoms with van der Waals surface area (Å²) in [6, 6.07) is -2.27. The van der Waals surface area contributed by atoms with Gasteiger partial charge in [0.2, 0.25) is 23.6 Å². The van der Waals surface area contributed by atoms with E-state index >= 15 is 0 Å². The Morgan fingerprint density at radius 2 is 1.78 bits per heavy atom. The van der Waals surface area contributed by atoms with Crippen molar-refractivity contribution < 1.29 is 24.4 Å². The van der Waals surface area contributed by atoms with Crippen LogP contribution in [-0.2, 0) is 19.2 Å². The Balaban J connectivity index is 5.26. The Morgan fingerprint density at radius 3 is 2.17 bits per heavy atom. The van der Waals surface area contributed by atoms with E-state index in [1.54, 1.807) is 0 Å². The van der Waals surface area contributed by atoms with Crippen molar-refractivity contribution >= 4 is 35.2 Å². The molecule has 0 heterocycles. The first-order chi connectivity index (χ1) is 10.6. The minimum absolute atomic E-state index is 0.0514. The van der Waals surface area contributed by atoms with Crippen LogP contribution in [0.25, 0.3) is 0 Å². The van der Waals surface area contributed by atoms with E-state index in [2.05, 4.69) is 5.32 Å². The van der Waals surface area contributed by atoms with Crippen LogP contribution in [0.15, 0.2) is 0 Å². The smallest absolute Gasteiger partial charge is 0.249 e. The van der Waals surface area contributed by atoms with Gasteiger partial charge >= 0.3 is 0 Å². The molecule has 2 unspecified atom stereocenters. The lowest BCUT2D eigenvalue weighted by molar-refractivity contribution is -0.153. The van der Waals surface area contributed by atoms with Crippen LogP contribution in [0.1, 0.15) is 27.2 Å². The fourth-order valence-corrected chi connectivity index (χ4v) is 2.01. The number of alkyl halides is 1. The number of primary amides is 1. The molecule has 0 bridgehead atoms. The van der Waals surface area contributed by atoms with Gasteiger partial charge < -0.3 is 16.3 Å². The third kappa shape index (κ3) is 6.93. The number of hydroxylamine groups is 1. The molecule has 0 aromatic heterocycles. The van der Waals surface area contributed by atoms with Gasteiger partial charge in [0, 0.05) is 0 Å². The average Bonchev–Trinajstić information content (AvgIpc) is 2.49. The van der Waals surface area contributed by atoms with Gasteiger partial charge in [0.15, 0.2) is 0 Å². The van der Waals surface area contributed by atoms with Gasteiger partial charge in [-0.25, -0.2) is 0 Å². The highest BCUT2D eigenvalue weighted by atomic mass is 35.5. The predicted molar refractivity (Wildman–Crippen MR) is 82.4 cm³/mol. The summed E-state index contributed by atoms with van der Waals surface area (Å²) in [6.45, 7) is 4.54. The maximum atomic E-state index is 12.4. The zero-order chi connectivity index (χ0) is 18.2. The standard InChI is InChI=1S/C13H23ClN4O5/c1-7(2)4-9(17-23)13(22)18(11(20)5-14)8(3)12(21)16-6-10(15)19/h7-9,17,23H,4-6H2,1-3H3,(H2,15,19)(H,16,21). The molecule has 0 aromatic rings. The third-order valence-electron chi connectivity index (χ3n) is 2.99. The second-order valence-electron chi connectivity index (χ2n) is 5.41. The summed E-state index contributed by atoms with van der Waals surface area (Å²) in [5.74, 6) is -3.54. The van der Waals surface area contributed by atoms with Gasteiger partial charge in [0.25, 0.3) is 0 Å². The molecule has 0 aliphatic heterocycles. The fraction of sp³-hybridized carbons (Fsp3) is 0.692. The van der Waals surface area contributed by atoms with E-state index < -0.39 is 48.1 Å². The molecule has 0 saturated heterocycles. The molecule has 9 nitrogen and oxygen atoms in total. The number of nitrogens with two attached hydrogens (primary N) is 1. The van der Waals surface area contributed by atoms with Gasteiger partial charge in [-0.2, -0.15) is 5.48 Å². The van der Waals surface area contributed by atoms with Crippen LogP contribution < -0.4 is 16.5 Å². The molecular weight excluding hydrogens is 328 g/mol. The zero-order valence-electron chi connectivity index (χ0n) is 13.3. The van der Waals surface area contributed by atoms with E-state index in [1.165, 1.54) is 6.92 Å². The van der Waals surface area contributed by atoms with Crippen molar-refractivity contribution in [3.05, 3.63) is 0 Å². The molecule has 2 atom stereocenters. The van der Waals surface area contributed by atoms with Gasteiger partial charge in [-0.1, -0.05) is 13.8 Å². The number of imide groups is 1. The molecule has 0 fully saturated rings. The van der Waals surface area contributed by atoms with E-state index in [1.807, 2.05) is 19.3 Å². The van der Waals surface area contributed by atoms with Crippen molar-refractivity contribution in [1.29, 1.82) is 0 Å². The molecule has 0 aromatic carbocycles. The number of nitrogens with zero attached hydrogens (tertiary/aromatic N) is 1. The van der Waals surface area contributed by atoms with Crippen molar-refractivity contribution in [3.8, 4) is 0 Å². The second kappa shape index (κ2) is 10.1. The highest BCUT2D eigenvalue weighted by Crippen LogP contribution is 2.11. The van der Waals surface area contributed by atoms with E-state index in [0.29, 0.717) is 4.90 Å². The summed E-state index contributed by atoms with van der Waals surface area (Å²) in [5.41, 5.74) is 6.77. The molecule has 10 heteroatoms. The quantitative estimate of drug-likeness (QED) is 0.309. The van der Waals surface area contributed by atoms with Crippen LogP contribution in [-0.4, -0.2) is 58.2 Å². The lowest BCUT2D eigenvalue weighted by atomic mass is 10.0. The van der Waals surface area contributed by atoms with Gasteiger partial charge in [0.1, 0.15) is 18.0 Å². The fourth-order valence-electron chi connectivity index (χ4n) is 1.88. The largest absolute Gasteiger partial charge is 0.368 e. The highest BCUT2D eigenvalue weighted by Gasteiger charge is 2.35. The molecule has 0 spiro atoms. The lowest BCUT2D eigenvalue weighted by Crippen LogP contribution is -2.57. The molecule has 23 heavy (non-hydrogen) atoms. The predicted octanol–water partition coefficient (Wildman–Crippen LogP) is -1.04. The van der Waals surface area contributed by atoms with Crippen LogP contribution >= 0.6 is 11.6 Å². The number of rotatable bonds is 9. The summed E-state index contributed by atoms with van der Waals surface area (Å²) < 4.78 is 0. The number of amides is 4. The van der Waals surface area contributed by atoms with Gasteiger partial charge in [-0.3, -0.25) is 24.1 Å². The van der Waals surface area contributed by atoms with Gasteiger partial charge in [-0.15, -0.1) is 11.6 Å². The molecule has 0 rings (SSSR count). The van der Waals surface area contributed by atoms with E-state index in [4.69, 9.17) is 22.5 Å². The number of nitrogens with one attached hydrogen (secondary N) is 2. The minimum Gasteiger partial charge on any atom is -0.368 e. The third-order valence-corrected chi connectivity index (χ3v) is 3.21. The molecule has 0 aliphatic carbocycles. The van der Waals surface area contributed by atoms with Crippen LogP contribution in [0.4, 0.5) is 0 Å². The SMILES string of the molecule is CC(C)CC(NO)C(=O)N(C(=O)CCl)C(C)C(=O)NCC(N)=O. The molecule has 0 aliphatic rings. The Hall–Kier alpha value is -1.71. The first kappa shape index (κ1) is 21.3. The van der Waals surface area contributed by atoms with Crippen molar-refractivity contribution in [2.24, 2.45) is 11.7 Å². The summed E-state index contributed by atoms with van der Waals surface area (Å²) >= 11 is 5.49. The van der Waals surface area contributed by atoms with Crippen molar-refractivity contribution in [1.82, 2.24) is 15.7 Å². The van der Waals surface area contributed by atoms with Crippen LogP contribution in [0.2, 0.25) is 0 Å². The number of hydrogen-bond acceptors (Lipinski definition) is 6. The summed E-state index contributed by atoms with van der Waals surface area (Å²) in [6.07, 6.45) is 0.247. The van der Waals surface area contributed by atoms with Crippen molar-refractivity contribution in [2.45, 2.75) is 39.3 Å². The van der Waals surface area contributed by atoms with E-state index in [9.17, 15) is 19.2 Å². The average molecular weight is 351 g/mol. The Morgan fingerprint density at radius 1 is 1.22 bits per heavy atom. The van der Waals surface area contributed by atoms with Gasteiger partial charge in [0.05, 0.1) is 6.54 Å². The number of carbonyl (C=O) groups is 4. The molecule has 0 radical (unpaired) electrons. The first-order valence-corrected chi connectivity index (χ1v) is 7.56. The maximum absolute atomic E-state index is 12.4. The normalized spacial score (nSPS) is 13.3. The lowest BCUT2D eigenvalue weighted by Gasteiger charge is -2.29. The molecule has 4 amide bonds. The monoisotopic (exact) mass is 350 g/mol. The van der Waals surface area contributed by atoms with Gasteiger partial charge in [-0.05, 0) is 19.3 Å². The summed E-state index contributed by atoms with van der Waals surface area (Å²) in [5, 5.41) is 11.4. The van der Waals surface area contributed by atoms with Crippen LogP contribution in [0.5, 0.6) is 0 Å². The topological polar surface area (TPSA) is 142 Å². The molecule has 0 saturated carbocycles. The van der Waals surface area contributed by atoms with Crippen LogP contribution in [0, 0.1) is 5.92 Å². The zero-order valence-corrected chi connectivity index (χ0v) is 14.1. The highest BCUT2D eigenvalue weighted by molar-refractivity contribution is 6.28. The Bertz CT molecular complexity index is 458. The Kier molecular flexibility index (Phi) is 9.38. The Labute approximate surface area is 139 Å². The number of carbonyl (C=O) groups excluding carboxylic acids is 4. The summed E-state index contributed by atoms with van der Waals surface area (Å²) in [7, 11) is 0. The molecule has 132 valence electrons. The molecular formula is C13H23ClN4O5. The summed E-state index contributed by atoms with van der Waals surface area (Å²) in [4.78, 5) is 47.7. The van der Waals surface area contributed by atoms with E-state index in [-0.39, 0.29) is 12.3 Å². The molecule has 5 N–H and O–H groups in total. The first-order valence-electron chi connectivity index (χ1n) is 7.03. The maximum Gasteiger partial charge on any atom is 0.249 e. The van der Waals surface area contributed by atoms with E-state index in [0.717, 1.165) is 0 Å². The minimum atomic E-state index is -1.21. The van der Waals surface area contributed by atoms with Crippen molar-refractivity contribution in [2.75, 3.05) is 12.4 Å². The van der Waals surface area contributed by atoms with Crippen molar-refractivity contribution in [3.63, 3.8) is 0 Å². The number of hydrogen-bond donors (Lipinski definition) is 4.